The van der Waals surface area contributed by atoms with E-state index in [4.69, 9.17) is 4.42 Å². The van der Waals surface area contributed by atoms with E-state index in [1.807, 2.05) is 36.4 Å². The molecule has 1 aliphatic rings. The van der Waals surface area contributed by atoms with Gasteiger partial charge in [-0.3, -0.25) is 4.79 Å². The number of nitrogens with zero attached hydrogens (tertiary/aromatic N) is 1. The standard InChI is InChI=1S/C26H22NO2/c1-26(2)20-9-5-6-10-21(20)27(3)24(26)15-13-17-12-14-19-23(16-17)29-22-11-7-4-8-18(22)25(19)28/h4-16H,1-3H3/q+1. The summed E-state index contributed by atoms with van der Waals surface area (Å²) in [6.07, 6.45) is 4.26. The van der Waals surface area contributed by atoms with E-state index < -0.39 is 0 Å². The van der Waals surface area contributed by atoms with Gasteiger partial charge in [0, 0.05) is 17.7 Å². The Morgan fingerprint density at radius 1 is 0.862 bits per heavy atom. The van der Waals surface area contributed by atoms with Gasteiger partial charge in [-0.15, -0.1) is 0 Å². The molecule has 0 N–H and O–H groups in total. The Labute approximate surface area is 169 Å². The van der Waals surface area contributed by atoms with Gasteiger partial charge >= 0.3 is 0 Å². The van der Waals surface area contributed by atoms with E-state index in [2.05, 4.69) is 61.9 Å². The van der Waals surface area contributed by atoms with E-state index in [1.165, 1.54) is 17.0 Å². The Morgan fingerprint density at radius 3 is 2.41 bits per heavy atom. The molecule has 5 rings (SSSR count). The summed E-state index contributed by atoms with van der Waals surface area (Å²) in [5, 5.41) is 1.23. The molecule has 1 aliphatic heterocycles. The third-order valence-corrected chi connectivity index (χ3v) is 5.98. The van der Waals surface area contributed by atoms with Crippen LogP contribution in [0, 0.1) is 0 Å². The molecule has 0 radical (unpaired) electrons. The minimum absolute atomic E-state index is 0.0128. The molecule has 4 aromatic rings. The van der Waals surface area contributed by atoms with E-state index in [9.17, 15) is 4.79 Å². The average molecular weight is 380 g/mol. The molecule has 3 nitrogen and oxygen atoms in total. The molecule has 142 valence electrons. The minimum atomic E-state index is -0.0680. The molecule has 2 heterocycles. The second-order valence-electron chi connectivity index (χ2n) is 8.10. The molecule has 0 unspecified atom stereocenters. The van der Waals surface area contributed by atoms with Crippen molar-refractivity contribution in [3.8, 4) is 0 Å². The Hall–Kier alpha value is -3.46. The number of rotatable bonds is 2. The fraction of sp³-hybridized carbons (Fsp3) is 0.154. The van der Waals surface area contributed by atoms with Crippen molar-refractivity contribution in [2.75, 3.05) is 7.05 Å². The van der Waals surface area contributed by atoms with Crippen LogP contribution in [0.2, 0.25) is 0 Å². The number of allylic oxidation sites excluding steroid dienone is 1. The molecule has 0 aliphatic carbocycles. The van der Waals surface area contributed by atoms with Crippen LogP contribution in [0.25, 0.3) is 28.0 Å². The van der Waals surface area contributed by atoms with Crippen LogP contribution in [0.4, 0.5) is 5.69 Å². The van der Waals surface area contributed by atoms with Gasteiger partial charge in [0.05, 0.1) is 16.2 Å². The van der Waals surface area contributed by atoms with Crippen molar-refractivity contribution < 1.29 is 8.99 Å². The van der Waals surface area contributed by atoms with Gasteiger partial charge in [-0.2, -0.15) is 4.58 Å². The lowest BCUT2D eigenvalue weighted by atomic mass is 9.81. The first-order chi connectivity index (χ1) is 14.0. The van der Waals surface area contributed by atoms with Gasteiger partial charge in [0.15, 0.2) is 5.71 Å². The Bertz CT molecular complexity index is 1400. The Morgan fingerprint density at radius 2 is 1.59 bits per heavy atom. The Balaban J connectivity index is 1.59. The quantitative estimate of drug-likeness (QED) is 0.332. The predicted octanol–water partition coefficient (Wildman–Crippen LogP) is 5.67. The lowest BCUT2D eigenvalue weighted by molar-refractivity contribution is -0.401. The second kappa shape index (κ2) is 6.28. The van der Waals surface area contributed by atoms with Gasteiger partial charge in [0.25, 0.3) is 0 Å². The second-order valence-corrected chi connectivity index (χ2v) is 8.10. The van der Waals surface area contributed by atoms with Crippen LogP contribution >= 0.6 is 0 Å². The summed E-state index contributed by atoms with van der Waals surface area (Å²) in [4.78, 5) is 12.7. The van der Waals surface area contributed by atoms with Gasteiger partial charge < -0.3 is 4.42 Å². The highest BCUT2D eigenvalue weighted by Crippen LogP contribution is 2.39. The largest absolute Gasteiger partial charge is 0.456 e. The predicted molar refractivity (Wildman–Crippen MR) is 119 cm³/mol. The van der Waals surface area contributed by atoms with Crippen molar-refractivity contribution in [3.63, 3.8) is 0 Å². The molecule has 0 atom stereocenters. The average Bonchev–Trinajstić information content (AvgIpc) is 2.92. The fourth-order valence-corrected chi connectivity index (χ4v) is 4.40. The lowest BCUT2D eigenvalue weighted by Crippen LogP contribution is -2.26. The number of benzene rings is 3. The van der Waals surface area contributed by atoms with E-state index >= 15 is 0 Å². The Kier molecular flexibility index (Phi) is 3.82. The van der Waals surface area contributed by atoms with Crippen LogP contribution in [0.3, 0.4) is 0 Å². The first kappa shape index (κ1) is 17.6. The van der Waals surface area contributed by atoms with Crippen LogP contribution in [0.15, 0.2) is 82.0 Å². The van der Waals surface area contributed by atoms with Crippen molar-refractivity contribution in [1.82, 2.24) is 0 Å². The summed E-state index contributed by atoms with van der Waals surface area (Å²) in [5.74, 6) is 0. The van der Waals surface area contributed by atoms with Crippen LogP contribution in [0.1, 0.15) is 25.0 Å². The van der Waals surface area contributed by atoms with E-state index in [-0.39, 0.29) is 10.8 Å². The maximum absolute atomic E-state index is 12.7. The minimum Gasteiger partial charge on any atom is -0.456 e. The third-order valence-electron chi connectivity index (χ3n) is 5.98. The normalized spacial score (nSPS) is 15.6. The number of hydrogen-bond acceptors (Lipinski definition) is 2. The summed E-state index contributed by atoms with van der Waals surface area (Å²) in [5.41, 5.74) is 5.99. The molecular formula is C26H22NO2+. The topological polar surface area (TPSA) is 33.2 Å². The highest BCUT2D eigenvalue weighted by atomic mass is 16.3. The van der Waals surface area contributed by atoms with Crippen LogP contribution in [0.5, 0.6) is 0 Å². The van der Waals surface area contributed by atoms with Gasteiger partial charge in [-0.05, 0) is 49.8 Å². The molecule has 3 aromatic carbocycles. The fourth-order valence-electron chi connectivity index (χ4n) is 4.40. The van der Waals surface area contributed by atoms with Gasteiger partial charge in [0.1, 0.15) is 18.2 Å². The molecule has 0 saturated carbocycles. The smallest absolute Gasteiger partial charge is 0.209 e. The zero-order valence-electron chi connectivity index (χ0n) is 16.8. The molecule has 0 amide bonds. The van der Waals surface area contributed by atoms with Gasteiger partial charge in [-0.25, -0.2) is 0 Å². The van der Waals surface area contributed by atoms with E-state index in [1.54, 1.807) is 6.07 Å². The molecule has 3 heteroatoms. The molecule has 29 heavy (non-hydrogen) atoms. The van der Waals surface area contributed by atoms with Crippen molar-refractivity contribution in [2.24, 2.45) is 0 Å². The van der Waals surface area contributed by atoms with Crippen molar-refractivity contribution in [3.05, 3.63) is 94.2 Å². The highest BCUT2D eigenvalue weighted by molar-refractivity contribution is 6.05. The van der Waals surface area contributed by atoms with E-state index in [0.717, 1.165) is 5.56 Å². The lowest BCUT2D eigenvalue weighted by Gasteiger charge is -2.15. The first-order valence-electron chi connectivity index (χ1n) is 9.81. The molecule has 1 aromatic heterocycles. The first-order valence-corrected chi connectivity index (χ1v) is 9.81. The van der Waals surface area contributed by atoms with Crippen LogP contribution < -0.4 is 5.43 Å². The van der Waals surface area contributed by atoms with Crippen molar-refractivity contribution in [1.29, 1.82) is 0 Å². The number of para-hydroxylation sites is 2. The number of hydrogen-bond donors (Lipinski definition) is 0. The monoisotopic (exact) mass is 380 g/mol. The third kappa shape index (κ3) is 2.65. The summed E-state index contributed by atoms with van der Waals surface area (Å²) >= 11 is 0. The number of fused-ring (bicyclic) bond motifs is 3. The van der Waals surface area contributed by atoms with Crippen molar-refractivity contribution in [2.45, 2.75) is 19.3 Å². The zero-order valence-corrected chi connectivity index (χ0v) is 16.8. The zero-order chi connectivity index (χ0) is 20.2. The molecular weight excluding hydrogens is 358 g/mol. The van der Waals surface area contributed by atoms with Crippen LogP contribution in [-0.2, 0) is 5.41 Å². The van der Waals surface area contributed by atoms with Crippen LogP contribution in [-0.4, -0.2) is 17.3 Å². The SMILES string of the molecule is C[N+]1=C(C=Cc2ccc3c(=O)c4ccccc4oc3c2)C(C)(C)c2ccccc21. The summed E-state index contributed by atoms with van der Waals surface area (Å²) in [6, 6.07) is 21.7. The highest BCUT2D eigenvalue weighted by Gasteiger charge is 2.42. The summed E-state index contributed by atoms with van der Waals surface area (Å²) in [6.45, 7) is 4.50. The molecule has 0 fully saturated rings. The maximum atomic E-state index is 12.7. The summed E-state index contributed by atoms with van der Waals surface area (Å²) in [7, 11) is 2.11. The van der Waals surface area contributed by atoms with Gasteiger partial charge in [-0.1, -0.05) is 36.4 Å². The molecule has 0 saturated heterocycles. The molecule has 0 bridgehead atoms. The molecule has 0 spiro atoms. The van der Waals surface area contributed by atoms with E-state index in [0.29, 0.717) is 21.9 Å². The summed E-state index contributed by atoms with van der Waals surface area (Å²) < 4.78 is 8.25. The van der Waals surface area contributed by atoms with Gasteiger partial charge in [0.2, 0.25) is 11.1 Å². The maximum Gasteiger partial charge on any atom is 0.209 e. The van der Waals surface area contributed by atoms with Crippen molar-refractivity contribution >= 4 is 39.4 Å².